The summed E-state index contributed by atoms with van der Waals surface area (Å²) in [5.74, 6) is 10.0. The normalized spacial score (nSPS) is 9.44. The number of aliphatic carboxylic acids is 1. The van der Waals surface area contributed by atoms with Crippen LogP contribution in [0.15, 0.2) is 82.8 Å². The van der Waals surface area contributed by atoms with Gasteiger partial charge in [-0.15, -0.1) is 36.5 Å². The van der Waals surface area contributed by atoms with Crippen molar-refractivity contribution in [2.75, 3.05) is 5.73 Å². The zero-order valence-electron chi connectivity index (χ0n) is 34.1. The predicted molar refractivity (Wildman–Crippen MR) is 241 cm³/mol. The number of carboxylic acid groups (broad SMARTS) is 1. The molecule has 0 atom stereocenters. The Kier molecular flexibility index (Phi) is 51.8. The van der Waals surface area contributed by atoms with Crippen LogP contribution in [-0.2, 0) is 59.8 Å². The van der Waals surface area contributed by atoms with E-state index in [9.17, 15) is 4.79 Å². The van der Waals surface area contributed by atoms with Gasteiger partial charge in [-0.2, -0.15) is 0 Å². The minimum atomic E-state index is -0.835. The molecule has 2 aliphatic rings. The predicted octanol–water partition coefficient (Wildman–Crippen LogP) is 10.4. The molecule has 4 radical (unpaired) electrons. The van der Waals surface area contributed by atoms with E-state index in [0.29, 0.717) is 12.1 Å². The first kappa shape index (κ1) is 63.5. The van der Waals surface area contributed by atoms with Crippen LogP contribution in [0, 0.1) is 36.5 Å². The SMILES string of the molecule is C.C#CCCC(=O)O.C#CCCC1=Nc2ccccc2C1.CC.CC.CC.CC.CC#CCCC1=Nc2ccccc2C1.[B]B([B])c1ccccc1N.[W].[W]. The Balaban J connectivity index is -0.000000137. The molecule has 3 aromatic rings. The van der Waals surface area contributed by atoms with Crippen molar-refractivity contribution in [2.45, 2.75) is 121 Å². The summed E-state index contributed by atoms with van der Waals surface area (Å²) in [5, 5.41) is 7.95. The minimum absolute atomic E-state index is 0. The second-order valence-corrected chi connectivity index (χ2v) is 9.85. The molecule has 0 aliphatic carbocycles. The van der Waals surface area contributed by atoms with Crippen molar-refractivity contribution in [3.8, 4) is 36.5 Å². The molecular weight excluding hydrogens is 1010 g/mol. The number of hydrogen-bond donors (Lipinski definition) is 2. The number of nitrogens with two attached hydrogens (primary N) is 1. The van der Waals surface area contributed by atoms with Gasteiger partial charge in [0.05, 0.1) is 24.3 Å². The van der Waals surface area contributed by atoms with E-state index in [0.717, 1.165) is 55.4 Å². The number of nitrogens with zero attached hydrogens (tertiary/aromatic N) is 2. The summed E-state index contributed by atoms with van der Waals surface area (Å²) in [4.78, 5) is 18.7. The maximum absolute atomic E-state index is 9.66. The third-order valence-electron chi connectivity index (χ3n) is 6.44. The van der Waals surface area contributed by atoms with Gasteiger partial charge in [-0.1, -0.05) is 123 Å². The Hall–Kier alpha value is -3.48. The number of rotatable bonds is 7. The molecule has 0 aromatic heterocycles. The van der Waals surface area contributed by atoms with E-state index < -0.39 is 12.5 Å². The largest absolute Gasteiger partial charge is 0.481 e. The molecule has 2 aliphatic heterocycles. The van der Waals surface area contributed by atoms with Gasteiger partial charge in [0.2, 0.25) is 0 Å². The van der Waals surface area contributed by atoms with Gasteiger partial charge < -0.3 is 10.8 Å². The molecule has 3 aromatic carbocycles. The van der Waals surface area contributed by atoms with Crippen LogP contribution in [0.3, 0.4) is 0 Å². The minimum Gasteiger partial charge on any atom is -0.481 e. The summed E-state index contributed by atoms with van der Waals surface area (Å²) < 4.78 is 0. The Morgan fingerprint density at radius 1 is 0.727 bits per heavy atom. The average molecular weight is 1080 g/mol. The smallest absolute Gasteiger partial charge is 0.304 e. The number of hydrogen-bond acceptors (Lipinski definition) is 4. The molecule has 292 valence electrons. The van der Waals surface area contributed by atoms with E-state index in [-0.39, 0.29) is 56.0 Å². The molecule has 5 nitrogen and oxygen atoms in total. The van der Waals surface area contributed by atoms with Crippen molar-refractivity contribution < 1.29 is 52.0 Å². The fourth-order valence-electron chi connectivity index (χ4n) is 4.23. The first-order chi connectivity index (χ1) is 25.3. The second kappa shape index (κ2) is 44.9. The number of benzene rings is 3. The van der Waals surface area contributed by atoms with Crippen LogP contribution in [0.5, 0.6) is 0 Å². The maximum atomic E-state index is 9.66. The number of nitrogen functional groups attached to an aromatic ring is 1. The summed E-state index contributed by atoms with van der Waals surface area (Å²) in [7, 11) is 10.8. The Morgan fingerprint density at radius 3 is 1.45 bits per heavy atom. The van der Waals surface area contributed by atoms with Crippen molar-refractivity contribution in [1.29, 1.82) is 0 Å². The summed E-state index contributed by atoms with van der Waals surface area (Å²) in [5.41, 5.74) is 14.4. The number of carbonyl (C=O) groups is 1. The quantitative estimate of drug-likeness (QED) is 0.140. The van der Waals surface area contributed by atoms with E-state index in [1.165, 1.54) is 22.6 Å². The maximum Gasteiger partial charge on any atom is 0.304 e. The van der Waals surface area contributed by atoms with Gasteiger partial charge in [-0.05, 0) is 49.1 Å². The van der Waals surface area contributed by atoms with E-state index in [4.69, 9.17) is 39.2 Å². The molecule has 0 bridgehead atoms. The Bertz CT molecular complexity index is 1600. The summed E-state index contributed by atoms with van der Waals surface area (Å²) in [6, 6.07) is 23.9. The summed E-state index contributed by atoms with van der Waals surface area (Å²) in [6.45, 7) is 17.4. The van der Waals surface area contributed by atoms with Gasteiger partial charge in [0.1, 0.15) is 0 Å². The monoisotopic (exact) mass is 1080 g/mol. The summed E-state index contributed by atoms with van der Waals surface area (Å²) >= 11 is 0. The molecule has 0 fully saturated rings. The zero-order valence-corrected chi connectivity index (χ0v) is 40.0. The van der Waals surface area contributed by atoms with Crippen molar-refractivity contribution in [3.05, 3.63) is 83.9 Å². The number of terminal acetylenes is 2. The molecule has 5 rings (SSSR count). The van der Waals surface area contributed by atoms with Crippen LogP contribution in [0.25, 0.3) is 0 Å². The van der Waals surface area contributed by atoms with Gasteiger partial charge in [0.25, 0.3) is 0 Å². The Morgan fingerprint density at radius 2 is 1.13 bits per heavy atom. The number of para-hydroxylation sites is 3. The molecule has 2 heterocycles. The molecule has 3 N–H and O–H groups in total. The van der Waals surface area contributed by atoms with E-state index in [1.807, 2.05) is 92.6 Å². The van der Waals surface area contributed by atoms with Crippen LogP contribution >= 0.6 is 0 Å². The standard InChI is InChI=1S/C13H13N.C12H11N.C6H6B3N.C5H6O2.4C2H6.CH4.2W/c1-2-3-4-8-12-10-11-7-5-6-9-13(11)14-12;1-2-3-7-11-9-10-6-4-5-8-12(10)13-11;7-9(8)5-3-1-2-4-6(5)10;1-2-3-4-5(6)7;4*1-2;;;/h5-7,9H,4,8,10H2,1H3;1,4-6,8H,3,7,9H2;1-4H,10H2;1H,3-4H2,(H,6,7);4*1-2H3;1H4;;. The molecule has 0 saturated heterocycles. The fraction of sp³-hybridized carbons (Fsp3) is 0.400. The van der Waals surface area contributed by atoms with Crippen LogP contribution in [0.4, 0.5) is 17.1 Å². The van der Waals surface area contributed by atoms with Gasteiger partial charge in [-0.25, -0.2) is 0 Å². The first-order valence-corrected chi connectivity index (χ1v) is 18.4. The molecule has 0 amide bonds. The molecule has 0 spiro atoms. The van der Waals surface area contributed by atoms with Crippen molar-refractivity contribution in [1.82, 2.24) is 0 Å². The van der Waals surface area contributed by atoms with Crippen molar-refractivity contribution >= 4 is 61.9 Å². The van der Waals surface area contributed by atoms with E-state index in [1.54, 1.807) is 6.07 Å². The molecule has 0 unspecified atom stereocenters. The molecule has 0 saturated carbocycles. The first-order valence-electron chi connectivity index (χ1n) is 18.4. The third kappa shape index (κ3) is 30.4. The van der Waals surface area contributed by atoms with Gasteiger partial charge >= 0.3 is 5.97 Å². The van der Waals surface area contributed by atoms with Gasteiger partial charge in [-0.3, -0.25) is 14.8 Å². The molecule has 10 heteroatoms. The zero-order chi connectivity index (χ0) is 40.2. The summed E-state index contributed by atoms with van der Waals surface area (Å²) in [6.07, 6.45) is 16.1. The van der Waals surface area contributed by atoms with Crippen molar-refractivity contribution in [3.63, 3.8) is 0 Å². The third-order valence-corrected chi connectivity index (χ3v) is 6.44. The van der Waals surface area contributed by atoms with E-state index in [2.05, 4.69) is 70.1 Å². The van der Waals surface area contributed by atoms with Crippen LogP contribution in [-0.4, -0.2) is 44.5 Å². The topological polar surface area (TPSA) is 88.0 Å². The average Bonchev–Trinajstić information content (AvgIpc) is 3.81. The molecular formula is C45H64B3N3O2W2. The van der Waals surface area contributed by atoms with Crippen LogP contribution in [0.1, 0.15) is 119 Å². The number of fused-ring (bicyclic) bond motifs is 2. The Labute approximate surface area is 368 Å². The number of anilines is 1. The number of aliphatic imine (C=N–C) groups is 2. The van der Waals surface area contributed by atoms with Crippen LogP contribution < -0.4 is 11.2 Å². The van der Waals surface area contributed by atoms with E-state index >= 15 is 0 Å². The second-order valence-electron chi connectivity index (χ2n) is 9.85. The molecule has 55 heavy (non-hydrogen) atoms. The van der Waals surface area contributed by atoms with Crippen molar-refractivity contribution in [2.24, 2.45) is 9.98 Å². The number of carboxylic acids is 1. The van der Waals surface area contributed by atoms with Gasteiger partial charge in [0.15, 0.2) is 0 Å². The fourth-order valence-corrected chi connectivity index (χ4v) is 4.23. The van der Waals surface area contributed by atoms with Crippen LogP contribution in [0.2, 0.25) is 0 Å². The van der Waals surface area contributed by atoms with Gasteiger partial charge in [0, 0.05) is 107 Å².